The van der Waals surface area contributed by atoms with Crippen molar-refractivity contribution in [2.45, 2.75) is 13.1 Å². The molecule has 23 heavy (non-hydrogen) atoms. The second-order valence-electron chi connectivity index (χ2n) is 5.36. The normalized spacial score (nSPS) is 10.8. The molecule has 2 aromatic rings. The van der Waals surface area contributed by atoms with Crippen LogP contribution in [0.1, 0.15) is 11.1 Å². The third-order valence-corrected chi connectivity index (χ3v) is 3.17. The van der Waals surface area contributed by atoms with E-state index in [0.717, 1.165) is 11.6 Å². The summed E-state index contributed by atoms with van der Waals surface area (Å²) in [5.41, 5.74) is 1.11. The summed E-state index contributed by atoms with van der Waals surface area (Å²) < 4.78 is 39.2. The van der Waals surface area contributed by atoms with Gasteiger partial charge in [0, 0.05) is 19.2 Å². The summed E-state index contributed by atoms with van der Waals surface area (Å²) in [6.45, 7) is 0.551. The van der Waals surface area contributed by atoms with E-state index in [2.05, 4.69) is 5.32 Å². The molecule has 0 aliphatic rings. The van der Waals surface area contributed by atoms with Crippen molar-refractivity contribution in [1.82, 2.24) is 10.2 Å². The van der Waals surface area contributed by atoms with Gasteiger partial charge in [0.1, 0.15) is 17.5 Å². The molecular formula is C17H17F3N2O. The van der Waals surface area contributed by atoms with E-state index in [0.29, 0.717) is 12.1 Å². The van der Waals surface area contributed by atoms with Crippen LogP contribution in [0.3, 0.4) is 0 Å². The topological polar surface area (TPSA) is 32.3 Å². The van der Waals surface area contributed by atoms with Crippen LogP contribution >= 0.6 is 0 Å². The Morgan fingerprint density at radius 1 is 1.00 bits per heavy atom. The summed E-state index contributed by atoms with van der Waals surface area (Å²) in [6.07, 6.45) is 0. The van der Waals surface area contributed by atoms with Crippen LogP contribution in [0.4, 0.5) is 13.2 Å². The molecule has 0 saturated carbocycles. The number of nitrogens with zero attached hydrogens (tertiary/aromatic N) is 1. The average molecular weight is 322 g/mol. The van der Waals surface area contributed by atoms with Crippen molar-refractivity contribution >= 4 is 5.91 Å². The Morgan fingerprint density at radius 2 is 1.65 bits per heavy atom. The van der Waals surface area contributed by atoms with E-state index in [1.165, 1.54) is 24.3 Å². The molecule has 0 fully saturated rings. The van der Waals surface area contributed by atoms with Gasteiger partial charge in [0.2, 0.25) is 5.91 Å². The monoisotopic (exact) mass is 322 g/mol. The van der Waals surface area contributed by atoms with Gasteiger partial charge in [0.15, 0.2) is 0 Å². The Kier molecular flexibility index (Phi) is 5.76. The lowest BCUT2D eigenvalue weighted by Gasteiger charge is -2.16. The van der Waals surface area contributed by atoms with Gasteiger partial charge in [-0.25, -0.2) is 13.2 Å². The predicted octanol–water partition coefficient (Wildman–Crippen LogP) is 2.85. The Balaban J connectivity index is 1.82. The highest BCUT2D eigenvalue weighted by Crippen LogP contribution is 2.08. The Labute approximate surface area is 132 Å². The number of benzene rings is 2. The molecular weight excluding hydrogens is 305 g/mol. The maximum Gasteiger partial charge on any atom is 0.234 e. The summed E-state index contributed by atoms with van der Waals surface area (Å²) in [6, 6.07) is 9.25. The molecule has 0 saturated heterocycles. The second-order valence-corrected chi connectivity index (χ2v) is 5.36. The Morgan fingerprint density at radius 3 is 2.30 bits per heavy atom. The number of hydrogen-bond donors (Lipinski definition) is 1. The molecule has 1 amide bonds. The molecule has 3 nitrogen and oxygen atoms in total. The number of rotatable bonds is 6. The van der Waals surface area contributed by atoms with E-state index in [-0.39, 0.29) is 24.8 Å². The van der Waals surface area contributed by atoms with Crippen molar-refractivity contribution in [2.75, 3.05) is 13.6 Å². The lowest BCUT2D eigenvalue weighted by Crippen LogP contribution is -2.34. The Hall–Kier alpha value is -2.34. The number of amides is 1. The summed E-state index contributed by atoms with van der Waals surface area (Å²) in [4.78, 5) is 13.6. The standard InChI is InChI=1S/C17H17F3N2O/c1-22(10-12-3-2-4-14(18)5-12)11-17(23)21-9-13-6-15(19)8-16(20)7-13/h2-8H,9-11H2,1H3,(H,21,23). The Bertz CT molecular complexity index is 671. The molecule has 2 aromatic carbocycles. The SMILES string of the molecule is CN(CC(=O)NCc1cc(F)cc(F)c1)Cc1cccc(F)c1. The molecule has 0 aliphatic carbocycles. The van der Waals surface area contributed by atoms with Crippen LogP contribution in [-0.4, -0.2) is 24.4 Å². The molecule has 1 N–H and O–H groups in total. The van der Waals surface area contributed by atoms with Crippen molar-refractivity contribution in [3.63, 3.8) is 0 Å². The fraction of sp³-hybridized carbons (Fsp3) is 0.235. The average Bonchev–Trinajstić information content (AvgIpc) is 2.44. The summed E-state index contributed by atoms with van der Waals surface area (Å²) in [5, 5.41) is 2.59. The van der Waals surface area contributed by atoms with Crippen LogP contribution in [0.25, 0.3) is 0 Å². The van der Waals surface area contributed by atoms with E-state index in [1.807, 2.05) is 0 Å². The molecule has 6 heteroatoms. The van der Waals surface area contributed by atoms with Gasteiger partial charge < -0.3 is 5.32 Å². The third-order valence-electron chi connectivity index (χ3n) is 3.17. The molecule has 0 heterocycles. The van der Waals surface area contributed by atoms with E-state index in [9.17, 15) is 18.0 Å². The number of hydrogen-bond acceptors (Lipinski definition) is 2. The molecule has 0 aromatic heterocycles. The van der Waals surface area contributed by atoms with Crippen LogP contribution in [0.15, 0.2) is 42.5 Å². The number of nitrogens with one attached hydrogen (secondary N) is 1. The van der Waals surface area contributed by atoms with Crippen LogP contribution in [0.2, 0.25) is 0 Å². The summed E-state index contributed by atoms with van der Waals surface area (Å²) in [7, 11) is 1.73. The zero-order chi connectivity index (χ0) is 16.8. The molecule has 2 rings (SSSR count). The largest absolute Gasteiger partial charge is 0.351 e. The van der Waals surface area contributed by atoms with E-state index < -0.39 is 11.6 Å². The van der Waals surface area contributed by atoms with Gasteiger partial charge in [0.25, 0.3) is 0 Å². The van der Waals surface area contributed by atoms with Crippen molar-refractivity contribution in [2.24, 2.45) is 0 Å². The third kappa shape index (κ3) is 5.75. The maximum atomic E-state index is 13.1. The molecule has 0 aliphatic heterocycles. The zero-order valence-electron chi connectivity index (χ0n) is 12.7. The van der Waals surface area contributed by atoms with Gasteiger partial charge >= 0.3 is 0 Å². The van der Waals surface area contributed by atoms with Crippen LogP contribution in [0.5, 0.6) is 0 Å². The molecule has 122 valence electrons. The van der Waals surface area contributed by atoms with Crippen LogP contribution < -0.4 is 5.32 Å². The summed E-state index contributed by atoms with van der Waals surface area (Å²) in [5.74, 6) is -1.98. The van der Waals surface area contributed by atoms with Gasteiger partial charge in [-0.2, -0.15) is 0 Å². The first-order valence-corrected chi connectivity index (χ1v) is 7.07. The highest BCUT2D eigenvalue weighted by atomic mass is 19.1. The molecule has 0 bridgehead atoms. The number of likely N-dealkylation sites (N-methyl/N-ethyl adjacent to an activating group) is 1. The van der Waals surface area contributed by atoms with Gasteiger partial charge in [-0.15, -0.1) is 0 Å². The van der Waals surface area contributed by atoms with Crippen molar-refractivity contribution in [3.8, 4) is 0 Å². The van der Waals surface area contributed by atoms with Crippen molar-refractivity contribution in [1.29, 1.82) is 0 Å². The number of halogens is 3. The van der Waals surface area contributed by atoms with Gasteiger partial charge in [-0.1, -0.05) is 12.1 Å². The van der Waals surface area contributed by atoms with Gasteiger partial charge in [-0.3, -0.25) is 9.69 Å². The molecule has 0 atom stereocenters. The maximum absolute atomic E-state index is 13.1. The van der Waals surface area contributed by atoms with E-state index in [1.54, 1.807) is 24.1 Å². The quantitative estimate of drug-likeness (QED) is 0.887. The minimum atomic E-state index is -0.683. The number of carbonyl (C=O) groups is 1. The fourth-order valence-corrected chi connectivity index (χ4v) is 2.22. The molecule has 0 unspecified atom stereocenters. The van der Waals surface area contributed by atoms with Crippen molar-refractivity contribution < 1.29 is 18.0 Å². The first-order valence-electron chi connectivity index (χ1n) is 7.07. The van der Waals surface area contributed by atoms with Crippen LogP contribution in [-0.2, 0) is 17.9 Å². The first kappa shape index (κ1) is 17.0. The summed E-state index contributed by atoms with van der Waals surface area (Å²) >= 11 is 0. The van der Waals surface area contributed by atoms with Crippen molar-refractivity contribution in [3.05, 3.63) is 71.0 Å². The fourth-order valence-electron chi connectivity index (χ4n) is 2.22. The minimum absolute atomic E-state index is 0.0430. The lowest BCUT2D eigenvalue weighted by atomic mass is 10.2. The van der Waals surface area contributed by atoms with E-state index in [4.69, 9.17) is 0 Å². The van der Waals surface area contributed by atoms with E-state index >= 15 is 0 Å². The highest BCUT2D eigenvalue weighted by Gasteiger charge is 2.08. The lowest BCUT2D eigenvalue weighted by molar-refractivity contribution is -0.122. The van der Waals surface area contributed by atoms with Crippen LogP contribution in [0, 0.1) is 17.5 Å². The minimum Gasteiger partial charge on any atom is -0.351 e. The first-order chi connectivity index (χ1) is 10.9. The second kappa shape index (κ2) is 7.78. The predicted molar refractivity (Wildman–Crippen MR) is 80.9 cm³/mol. The van der Waals surface area contributed by atoms with Gasteiger partial charge in [-0.05, 0) is 42.4 Å². The molecule has 0 spiro atoms. The highest BCUT2D eigenvalue weighted by molar-refractivity contribution is 5.77. The molecule has 0 radical (unpaired) electrons. The zero-order valence-corrected chi connectivity index (χ0v) is 12.7. The van der Waals surface area contributed by atoms with Gasteiger partial charge in [0.05, 0.1) is 6.54 Å². The number of carbonyl (C=O) groups excluding carboxylic acids is 1. The smallest absolute Gasteiger partial charge is 0.234 e.